The molecule has 0 aromatic heterocycles. The minimum absolute atomic E-state index is 0.161. The summed E-state index contributed by atoms with van der Waals surface area (Å²) in [5.41, 5.74) is -0.0403. The highest BCUT2D eigenvalue weighted by Crippen LogP contribution is 2.21. The Balaban J connectivity index is 1.91. The standard InChI is InChI=1S/C15H16F3N3O4/c16-15(17,18)9-19-13(22)10-4-6-20(7-5-10)14(23)11-2-1-3-12(8-11)21(24)25/h1-3,8,10H,4-7,9H2,(H,19,22). The summed E-state index contributed by atoms with van der Waals surface area (Å²) in [6.07, 6.45) is -3.98. The van der Waals surface area contributed by atoms with E-state index in [9.17, 15) is 32.9 Å². The second-order valence-electron chi connectivity index (χ2n) is 5.71. The van der Waals surface area contributed by atoms with Gasteiger partial charge < -0.3 is 10.2 Å². The summed E-state index contributed by atoms with van der Waals surface area (Å²) in [5, 5.41) is 12.6. The molecule has 1 aromatic rings. The molecule has 0 radical (unpaired) electrons. The van der Waals surface area contributed by atoms with Crippen LogP contribution in [-0.2, 0) is 4.79 Å². The van der Waals surface area contributed by atoms with Gasteiger partial charge in [-0.1, -0.05) is 6.07 Å². The molecule has 0 aliphatic carbocycles. The molecule has 2 rings (SSSR count). The predicted molar refractivity (Wildman–Crippen MR) is 80.8 cm³/mol. The maximum atomic E-state index is 12.4. The van der Waals surface area contributed by atoms with Gasteiger partial charge in [-0.05, 0) is 18.9 Å². The van der Waals surface area contributed by atoms with Crippen LogP contribution in [0.3, 0.4) is 0 Å². The van der Waals surface area contributed by atoms with Crippen LogP contribution < -0.4 is 5.32 Å². The Hall–Kier alpha value is -2.65. The molecule has 10 heteroatoms. The van der Waals surface area contributed by atoms with Crippen molar-refractivity contribution in [3.63, 3.8) is 0 Å². The smallest absolute Gasteiger partial charge is 0.347 e. The SMILES string of the molecule is O=C(NCC(F)(F)F)C1CCN(C(=O)c2cccc([N+](=O)[O-])c2)CC1. The van der Waals surface area contributed by atoms with Crippen LogP contribution in [0.1, 0.15) is 23.2 Å². The van der Waals surface area contributed by atoms with E-state index in [0.29, 0.717) is 0 Å². The number of nitrogens with one attached hydrogen (secondary N) is 1. The van der Waals surface area contributed by atoms with E-state index >= 15 is 0 Å². The van der Waals surface area contributed by atoms with Crippen molar-refractivity contribution in [2.24, 2.45) is 5.92 Å². The summed E-state index contributed by atoms with van der Waals surface area (Å²) in [7, 11) is 0. The molecule has 7 nitrogen and oxygen atoms in total. The van der Waals surface area contributed by atoms with Crippen LogP contribution in [0.25, 0.3) is 0 Å². The number of carbonyl (C=O) groups is 2. The number of nitro groups is 1. The normalized spacial score (nSPS) is 15.7. The number of non-ortho nitro benzene ring substituents is 1. The van der Waals surface area contributed by atoms with Crippen molar-refractivity contribution in [3.8, 4) is 0 Å². The summed E-state index contributed by atoms with van der Waals surface area (Å²) in [5.74, 6) is -1.67. The van der Waals surface area contributed by atoms with Crippen LogP contribution in [0, 0.1) is 16.0 Å². The average molecular weight is 359 g/mol. The fourth-order valence-electron chi connectivity index (χ4n) is 2.61. The molecule has 0 bridgehead atoms. The van der Waals surface area contributed by atoms with E-state index in [4.69, 9.17) is 0 Å². The number of rotatable bonds is 4. The van der Waals surface area contributed by atoms with Crippen LogP contribution in [0.4, 0.5) is 18.9 Å². The lowest BCUT2D eigenvalue weighted by molar-refractivity contribution is -0.384. The zero-order valence-electron chi connectivity index (χ0n) is 13.1. The van der Waals surface area contributed by atoms with Crippen LogP contribution in [-0.4, -0.2) is 47.4 Å². The summed E-state index contributed by atoms with van der Waals surface area (Å²) < 4.78 is 36.3. The van der Waals surface area contributed by atoms with Crippen LogP contribution in [0.2, 0.25) is 0 Å². The average Bonchev–Trinajstić information content (AvgIpc) is 2.58. The van der Waals surface area contributed by atoms with Gasteiger partial charge in [-0.3, -0.25) is 19.7 Å². The van der Waals surface area contributed by atoms with E-state index in [0.717, 1.165) is 0 Å². The summed E-state index contributed by atoms with van der Waals surface area (Å²) in [6, 6.07) is 5.30. The summed E-state index contributed by atoms with van der Waals surface area (Å²) in [4.78, 5) is 35.7. The van der Waals surface area contributed by atoms with Gasteiger partial charge in [0.05, 0.1) is 4.92 Å². The molecule has 25 heavy (non-hydrogen) atoms. The Bertz CT molecular complexity index is 670. The van der Waals surface area contributed by atoms with E-state index in [1.54, 1.807) is 0 Å². The number of hydrogen-bond acceptors (Lipinski definition) is 4. The van der Waals surface area contributed by atoms with E-state index in [2.05, 4.69) is 0 Å². The van der Waals surface area contributed by atoms with Crippen molar-refractivity contribution in [2.75, 3.05) is 19.6 Å². The van der Waals surface area contributed by atoms with Crippen molar-refractivity contribution in [3.05, 3.63) is 39.9 Å². The van der Waals surface area contributed by atoms with E-state index in [1.807, 2.05) is 5.32 Å². The third-order valence-corrected chi connectivity index (χ3v) is 3.92. The molecule has 1 fully saturated rings. The van der Waals surface area contributed by atoms with Gasteiger partial charge in [-0.2, -0.15) is 13.2 Å². The van der Waals surface area contributed by atoms with Gasteiger partial charge in [-0.15, -0.1) is 0 Å². The molecule has 0 saturated carbocycles. The Kier molecular flexibility index (Phi) is 5.60. The summed E-state index contributed by atoms with van der Waals surface area (Å²) in [6.45, 7) is -0.976. The Labute approximate surface area is 140 Å². The Morgan fingerprint density at radius 2 is 1.92 bits per heavy atom. The molecule has 0 spiro atoms. The lowest BCUT2D eigenvalue weighted by atomic mass is 9.95. The third-order valence-electron chi connectivity index (χ3n) is 3.92. The Morgan fingerprint density at radius 1 is 1.28 bits per heavy atom. The minimum Gasteiger partial charge on any atom is -0.347 e. The van der Waals surface area contributed by atoms with E-state index in [1.165, 1.54) is 29.2 Å². The van der Waals surface area contributed by atoms with Crippen molar-refractivity contribution < 1.29 is 27.7 Å². The monoisotopic (exact) mass is 359 g/mol. The van der Waals surface area contributed by atoms with Gasteiger partial charge in [0.25, 0.3) is 11.6 Å². The summed E-state index contributed by atoms with van der Waals surface area (Å²) >= 11 is 0. The van der Waals surface area contributed by atoms with Crippen molar-refractivity contribution in [2.45, 2.75) is 19.0 Å². The van der Waals surface area contributed by atoms with Crippen molar-refractivity contribution >= 4 is 17.5 Å². The highest BCUT2D eigenvalue weighted by molar-refractivity contribution is 5.95. The van der Waals surface area contributed by atoms with Gasteiger partial charge in [-0.25, -0.2) is 0 Å². The first-order valence-electron chi connectivity index (χ1n) is 7.55. The number of carbonyl (C=O) groups excluding carboxylic acids is 2. The topological polar surface area (TPSA) is 92.6 Å². The lowest BCUT2D eigenvalue weighted by Gasteiger charge is -2.31. The first-order valence-corrected chi connectivity index (χ1v) is 7.55. The number of benzene rings is 1. The molecular formula is C15H16F3N3O4. The van der Waals surface area contributed by atoms with Crippen molar-refractivity contribution in [1.82, 2.24) is 10.2 Å². The quantitative estimate of drug-likeness (QED) is 0.658. The number of likely N-dealkylation sites (tertiary alicyclic amines) is 1. The minimum atomic E-state index is -4.46. The zero-order valence-corrected chi connectivity index (χ0v) is 13.1. The number of nitro benzene ring substituents is 1. The fraction of sp³-hybridized carbons (Fsp3) is 0.467. The molecular weight excluding hydrogens is 343 g/mol. The molecule has 1 heterocycles. The van der Waals surface area contributed by atoms with Gasteiger partial charge in [0.15, 0.2) is 0 Å². The zero-order chi connectivity index (χ0) is 18.6. The van der Waals surface area contributed by atoms with E-state index < -0.39 is 35.4 Å². The van der Waals surface area contributed by atoms with Crippen LogP contribution in [0.5, 0.6) is 0 Å². The molecule has 1 saturated heterocycles. The highest BCUT2D eigenvalue weighted by atomic mass is 19.4. The van der Waals surface area contributed by atoms with Crippen molar-refractivity contribution in [1.29, 1.82) is 0 Å². The van der Waals surface area contributed by atoms with Gasteiger partial charge >= 0.3 is 6.18 Å². The first-order chi connectivity index (χ1) is 11.7. The molecule has 0 unspecified atom stereocenters. The third kappa shape index (κ3) is 5.16. The van der Waals surface area contributed by atoms with Gasteiger partial charge in [0.1, 0.15) is 6.54 Å². The lowest BCUT2D eigenvalue weighted by Crippen LogP contribution is -2.44. The van der Waals surface area contributed by atoms with Crippen LogP contribution in [0.15, 0.2) is 24.3 Å². The number of halogens is 3. The van der Waals surface area contributed by atoms with E-state index in [-0.39, 0.29) is 37.2 Å². The maximum Gasteiger partial charge on any atom is 0.405 e. The molecule has 2 amide bonds. The number of hydrogen-bond donors (Lipinski definition) is 1. The predicted octanol–water partition coefficient (Wildman–Crippen LogP) is 2.13. The second-order valence-corrected chi connectivity index (χ2v) is 5.71. The molecule has 0 atom stereocenters. The number of amides is 2. The highest BCUT2D eigenvalue weighted by Gasteiger charge is 2.32. The first kappa shape index (κ1) is 18.7. The van der Waals surface area contributed by atoms with Gasteiger partial charge in [0.2, 0.25) is 5.91 Å². The van der Waals surface area contributed by atoms with Crippen LogP contribution >= 0.6 is 0 Å². The Morgan fingerprint density at radius 3 is 2.48 bits per heavy atom. The number of nitrogens with zero attached hydrogens (tertiary/aromatic N) is 2. The fourth-order valence-corrected chi connectivity index (χ4v) is 2.61. The molecule has 1 N–H and O–H groups in total. The second kappa shape index (κ2) is 7.49. The largest absolute Gasteiger partial charge is 0.405 e. The number of piperidine rings is 1. The molecule has 136 valence electrons. The number of alkyl halides is 3. The molecule has 1 aliphatic heterocycles. The maximum absolute atomic E-state index is 12.4. The molecule has 1 aliphatic rings. The molecule has 1 aromatic carbocycles. The van der Waals surface area contributed by atoms with Gasteiger partial charge in [0, 0.05) is 36.7 Å².